The molecule has 0 aliphatic rings. The lowest BCUT2D eigenvalue weighted by Crippen LogP contribution is -2.01. The molecule has 0 aliphatic carbocycles. The number of benzene rings is 1. The molecular weight excluding hydrogens is 320 g/mol. The summed E-state index contributed by atoms with van der Waals surface area (Å²) in [5, 5.41) is 10.2. The molecule has 0 amide bonds. The number of aliphatic hydroxyl groups excluding tert-OH is 1. The topological polar surface area (TPSA) is 20.2 Å². The Bertz CT molecular complexity index is 524. The monoisotopic (exact) mass is 330 g/mol. The van der Waals surface area contributed by atoms with E-state index >= 15 is 0 Å². The molecule has 17 heavy (non-hydrogen) atoms. The fourth-order valence-electron chi connectivity index (χ4n) is 1.66. The summed E-state index contributed by atoms with van der Waals surface area (Å²) in [5.41, 5.74) is 2.09. The number of halogens is 2. The first-order valence-electron chi connectivity index (χ1n) is 5.24. The molecule has 1 unspecified atom stereocenters. The van der Waals surface area contributed by atoms with Crippen LogP contribution < -0.4 is 0 Å². The van der Waals surface area contributed by atoms with Crippen molar-refractivity contribution in [1.29, 1.82) is 0 Å². The molecule has 1 aromatic carbocycles. The summed E-state index contributed by atoms with van der Waals surface area (Å²) >= 11 is 10.9. The molecule has 0 aliphatic heterocycles. The molecule has 0 saturated heterocycles. The van der Waals surface area contributed by atoms with E-state index in [2.05, 4.69) is 15.9 Å². The van der Waals surface area contributed by atoms with Crippen molar-refractivity contribution in [3.05, 3.63) is 55.1 Å². The Kier molecular flexibility index (Phi) is 4.26. The van der Waals surface area contributed by atoms with Gasteiger partial charge in [0.15, 0.2) is 0 Å². The predicted octanol–water partition coefficient (Wildman–Crippen LogP) is 4.75. The first-order chi connectivity index (χ1) is 8.06. The second-order valence-corrected chi connectivity index (χ2v) is 6.60. The highest BCUT2D eigenvalue weighted by atomic mass is 79.9. The Balaban J connectivity index is 2.17. The summed E-state index contributed by atoms with van der Waals surface area (Å²) in [6.45, 7) is 2.03. The van der Waals surface area contributed by atoms with Crippen molar-refractivity contribution < 1.29 is 5.11 Å². The van der Waals surface area contributed by atoms with E-state index in [0.29, 0.717) is 6.42 Å². The number of aliphatic hydroxyl groups is 1. The van der Waals surface area contributed by atoms with Crippen LogP contribution >= 0.6 is 38.9 Å². The van der Waals surface area contributed by atoms with Gasteiger partial charge in [0, 0.05) is 15.8 Å². The molecule has 2 rings (SSSR count). The zero-order chi connectivity index (χ0) is 12.4. The number of aryl methyl sites for hydroxylation is 1. The minimum Gasteiger partial charge on any atom is -0.388 e. The van der Waals surface area contributed by atoms with Crippen LogP contribution in [0.5, 0.6) is 0 Å². The van der Waals surface area contributed by atoms with Gasteiger partial charge >= 0.3 is 0 Å². The molecule has 1 aromatic heterocycles. The lowest BCUT2D eigenvalue weighted by molar-refractivity contribution is 0.178. The van der Waals surface area contributed by atoms with Gasteiger partial charge in [0.2, 0.25) is 0 Å². The van der Waals surface area contributed by atoms with Crippen LogP contribution in [0.15, 0.2) is 34.8 Å². The van der Waals surface area contributed by atoms with Gasteiger partial charge in [0.25, 0.3) is 0 Å². The average Bonchev–Trinajstić information content (AvgIpc) is 2.63. The van der Waals surface area contributed by atoms with E-state index in [4.69, 9.17) is 11.6 Å². The number of rotatable bonds is 3. The third kappa shape index (κ3) is 3.32. The van der Waals surface area contributed by atoms with Gasteiger partial charge in [-0.05, 0) is 36.2 Å². The molecular formula is C13H12BrClOS. The molecule has 1 nitrogen and oxygen atoms in total. The largest absolute Gasteiger partial charge is 0.388 e. The summed E-state index contributed by atoms with van der Waals surface area (Å²) in [5.74, 6) is 0. The van der Waals surface area contributed by atoms with E-state index in [1.165, 1.54) is 16.9 Å². The van der Waals surface area contributed by atoms with Crippen molar-refractivity contribution in [1.82, 2.24) is 0 Å². The molecule has 1 atom stereocenters. The summed E-state index contributed by atoms with van der Waals surface area (Å²) in [6.07, 6.45) is 0.0960. The van der Waals surface area contributed by atoms with Crippen molar-refractivity contribution in [3.63, 3.8) is 0 Å². The molecule has 4 heteroatoms. The van der Waals surface area contributed by atoms with Crippen LogP contribution in [0.4, 0.5) is 0 Å². The second-order valence-electron chi connectivity index (χ2n) is 3.95. The van der Waals surface area contributed by atoms with Gasteiger partial charge in [-0.25, -0.2) is 0 Å². The zero-order valence-corrected chi connectivity index (χ0v) is 12.4. The highest BCUT2D eigenvalue weighted by Crippen LogP contribution is 2.30. The average molecular weight is 332 g/mol. The van der Waals surface area contributed by atoms with Crippen molar-refractivity contribution in [2.24, 2.45) is 0 Å². The van der Waals surface area contributed by atoms with E-state index in [0.717, 1.165) is 19.2 Å². The molecule has 90 valence electrons. The minimum atomic E-state index is -0.500. The summed E-state index contributed by atoms with van der Waals surface area (Å²) in [7, 11) is 0. The standard InChI is InChI=1S/C13H12BrClOS/c1-8-2-4-10(11(14)6-8)12(16)7-9-3-5-13(15)17-9/h2-6,12,16H,7H2,1H3. The molecule has 0 saturated carbocycles. The first-order valence-corrected chi connectivity index (χ1v) is 7.23. The van der Waals surface area contributed by atoms with Gasteiger partial charge in [-0.15, -0.1) is 11.3 Å². The fourth-order valence-corrected chi connectivity index (χ4v) is 3.55. The SMILES string of the molecule is Cc1ccc(C(O)Cc2ccc(Cl)s2)c(Br)c1. The number of thiophene rings is 1. The molecule has 0 fully saturated rings. The molecule has 0 spiro atoms. The van der Waals surface area contributed by atoms with Crippen LogP contribution in [0.3, 0.4) is 0 Å². The zero-order valence-electron chi connectivity index (χ0n) is 9.28. The van der Waals surface area contributed by atoms with Crippen LogP contribution in [-0.2, 0) is 6.42 Å². The van der Waals surface area contributed by atoms with Crippen LogP contribution in [0.1, 0.15) is 22.1 Å². The van der Waals surface area contributed by atoms with Crippen LogP contribution in [0, 0.1) is 6.92 Å². The Morgan fingerprint density at radius 1 is 1.35 bits per heavy atom. The highest BCUT2D eigenvalue weighted by molar-refractivity contribution is 9.10. The van der Waals surface area contributed by atoms with Crippen molar-refractivity contribution in [2.45, 2.75) is 19.4 Å². The predicted molar refractivity (Wildman–Crippen MR) is 76.9 cm³/mol. The lowest BCUT2D eigenvalue weighted by Gasteiger charge is -2.12. The summed E-state index contributed by atoms with van der Waals surface area (Å²) < 4.78 is 1.71. The Morgan fingerprint density at radius 3 is 2.71 bits per heavy atom. The lowest BCUT2D eigenvalue weighted by atomic mass is 10.0. The molecule has 0 radical (unpaired) electrons. The second kappa shape index (κ2) is 5.53. The maximum absolute atomic E-state index is 10.2. The van der Waals surface area contributed by atoms with Crippen LogP contribution in [-0.4, -0.2) is 5.11 Å². The van der Waals surface area contributed by atoms with Gasteiger partial charge in [-0.2, -0.15) is 0 Å². The normalized spacial score (nSPS) is 12.7. The molecule has 0 bridgehead atoms. The first kappa shape index (κ1) is 13.1. The van der Waals surface area contributed by atoms with E-state index in [9.17, 15) is 5.11 Å². The number of hydrogen-bond donors (Lipinski definition) is 1. The van der Waals surface area contributed by atoms with Crippen molar-refractivity contribution in [2.75, 3.05) is 0 Å². The maximum Gasteiger partial charge on any atom is 0.0931 e. The Hall–Kier alpha value is -0.350. The van der Waals surface area contributed by atoms with Gasteiger partial charge < -0.3 is 5.11 Å². The van der Waals surface area contributed by atoms with E-state index in [-0.39, 0.29) is 0 Å². The minimum absolute atomic E-state index is 0.500. The van der Waals surface area contributed by atoms with Crippen LogP contribution in [0.25, 0.3) is 0 Å². The number of hydrogen-bond acceptors (Lipinski definition) is 2. The maximum atomic E-state index is 10.2. The van der Waals surface area contributed by atoms with Gasteiger partial charge in [0.1, 0.15) is 0 Å². The van der Waals surface area contributed by atoms with Crippen molar-refractivity contribution in [3.8, 4) is 0 Å². The fraction of sp³-hybridized carbons (Fsp3) is 0.231. The summed E-state index contributed by atoms with van der Waals surface area (Å²) in [4.78, 5) is 1.09. The van der Waals surface area contributed by atoms with E-state index < -0.39 is 6.10 Å². The van der Waals surface area contributed by atoms with E-state index in [1.54, 1.807) is 0 Å². The quantitative estimate of drug-likeness (QED) is 0.860. The molecule has 2 aromatic rings. The third-order valence-electron chi connectivity index (χ3n) is 2.54. The molecule has 1 heterocycles. The Morgan fingerprint density at radius 2 is 2.12 bits per heavy atom. The third-order valence-corrected chi connectivity index (χ3v) is 4.48. The molecule has 1 N–H and O–H groups in total. The highest BCUT2D eigenvalue weighted by Gasteiger charge is 2.13. The van der Waals surface area contributed by atoms with E-state index in [1.807, 2.05) is 37.3 Å². The van der Waals surface area contributed by atoms with Gasteiger partial charge in [0.05, 0.1) is 10.4 Å². The van der Waals surface area contributed by atoms with Gasteiger partial charge in [-0.3, -0.25) is 0 Å². The Labute approximate surface area is 118 Å². The van der Waals surface area contributed by atoms with Crippen LogP contribution in [0.2, 0.25) is 4.34 Å². The van der Waals surface area contributed by atoms with Crippen molar-refractivity contribution >= 4 is 38.9 Å². The van der Waals surface area contributed by atoms with Gasteiger partial charge in [-0.1, -0.05) is 39.7 Å². The summed E-state index contributed by atoms with van der Waals surface area (Å²) in [6, 6.07) is 9.79. The smallest absolute Gasteiger partial charge is 0.0931 e.